The van der Waals surface area contributed by atoms with Crippen molar-refractivity contribution in [3.63, 3.8) is 0 Å². The Kier molecular flexibility index (Phi) is 2.34. The van der Waals surface area contributed by atoms with E-state index >= 15 is 0 Å². The topological polar surface area (TPSA) is 96.4 Å². The predicted octanol–water partition coefficient (Wildman–Crippen LogP) is 0.320. The van der Waals surface area contributed by atoms with Gasteiger partial charge in [0.15, 0.2) is 5.65 Å². The average molecular weight is 257 g/mol. The van der Waals surface area contributed by atoms with E-state index in [2.05, 4.69) is 19.9 Å². The number of hydrogen-bond donors (Lipinski definition) is 2. The highest BCUT2D eigenvalue weighted by atomic mass is 16.2. The van der Waals surface area contributed by atoms with Gasteiger partial charge in [-0.2, -0.15) is 0 Å². The van der Waals surface area contributed by atoms with Gasteiger partial charge in [0.25, 0.3) is 5.56 Å². The minimum absolute atomic E-state index is 0.276. The molecule has 0 atom stereocenters. The molecule has 0 bridgehead atoms. The molecule has 96 valence electrons. The Morgan fingerprint density at radius 1 is 1.21 bits per heavy atom. The second-order valence-electron chi connectivity index (χ2n) is 4.29. The van der Waals surface area contributed by atoms with E-state index in [1.165, 1.54) is 4.57 Å². The van der Waals surface area contributed by atoms with Crippen LogP contribution >= 0.6 is 0 Å². The molecular formula is C12H11N5O2. The number of aromatic nitrogens is 5. The van der Waals surface area contributed by atoms with E-state index in [9.17, 15) is 9.59 Å². The van der Waals surface area contributed by atoms with Crippen LogP contribution < -0.4 is 11.2 Å². The lowest BCUT2D eigenvalue weighted by atomic mass is 10.2. The van der Waals surface area contributed by atoms with Gasteiger partial charge in [-0.25, -0.2) is 9.78 Å². The van der Waals surface area contributed by atoms with Gasteiger partial charge < -0.3 is 4.98 Å². The summed E-state index contributed by atoms with van der Waals surface area (Å²) in [5.74, 6) is 0.509. The van der Waals surface area contributed by atoms with E-state index in [1.807, 2.05) is 19.1 Å². The van der Waals surface area contributed by atoms with E-state index in [0.29, 0.717) is 11.5 Å². The molecule has 7 heteroatoms. The van der Waals surface area contributed by atoms with Crippen LogP contribution in [0.15, 0.2) is 27.9 Å². The van der Waals surface area contributed by atoms with Crippen molar-refractivity contribution < 1.29 is 0 Å². The molecule has 3 aromatic heterocycles. The summed E-state index contributed by atoms with van der Waals surface area (Å²) in [6, 6.07) is 3.71. The molecule has 3 aromatic rings. The van der Waals surface area contributed by atoms with Crippen LogP contribution in [-0.4, -0.2) is 24.5 Å². The number of H-pyrrole nitrogens is 2. The van der Waals surface area contributed by atoms with Crippen LogP contribution in [0.4, 0.5) is 0 Å². The monoisotopic (exact) mass is 257 g/mol. The summed E-state index contributed by atoms with van der Waals surface area (Å²) < 4.78 is 1.29. The van der Waals surface area contributed by atoms with Crippen LogP contribution in [0.2, 0.25) is 0 Å². The van der Waals surface area contributed by atoms with Gasteiger partial charge in [0.2, 0.25) is 0 Å². The van der Waals surface area contributed by atoms with Crippen LogP contribution in [0.5, 0.6) is 0 Å². The molecule has 0 aliphatic heterocycles. The van der Waals surface area contributed by atoms with Gasteiger partial charge in [-0.05, 0) is 19.1 Å². The van der Waals surface area contributed by atoms with Crippen LogP contribution in [0.1, 0.15) is 5.69 Å². The molecule has 19 heavy (non-hydrogen) atoms. The number of hydrogen-bond acceptors (Lipinski definition) is 4. The molecule has 0 aromatic carbocycles. The zero-order valence-electron chi connectivity index (χ0n) is 10.4. The fourth-order valence-corrected chi connectivity index (χ4v) is 1.85. The van der Waals surface area contributed by atoms with E-state index < -0.39 is 11.2 Å². The largest absolute Gasteiger partial charge is 0.332 e. The summed E-state index contributed by atoms with van der Waals surface area (Å²) in [6.45, 7) is 1.89. The molecule has 7 nitrogen and oxygen atoms in total. The first-order valence-corrected chi connectivity index (χ1v) is 5.68. The third-order valence-corrected chi connectivity index (χ3v) is 2.94. The van der Waals surface area contributed by atoms with Gasteiger partial charge in [0.05, 0.1) is 0 Å². The van der Waals surface area contributed by atoms with Crippen LogP contribution in [0.25, 0.3) is 22.6 Å². The van der Waals surface area contributed by atoms with E-state index in [4.69, 9.17) is 0 Å². The van der Waals surface area contributed by atoms with E-state index in [-0.39, 0.29) is 5.52 Å². The van der Waals surface area contributed by atoms with Gasteiger partial charge in [-0.3, -0.25) is 19.3 Å². The first-order chi connectivity index (χ1) is 9.06. The molecule has 0 saturated heterocycles. The summed E-state index contributed by atoms with van der Waals surface area (Å²) in [5, 5.41) is 0. The highest BCUT2D eigenvalue weighted by Gasteiger charge is 2.11. The number of aryl methyl sites for hydroxylation is 2. The molecule has 0 unspecified atom stereocenters. The Balaban J connectivity index is 2.30. The lowest BCUT2D eigenvalue weighted by Crippen LogP contribution is -2.28. The zero-order chi connectivity index (χ0) is 13.6. The second-order valence-corrected chi connectivity index (χ2v) is 4.29. The van der Waals surface area contributed by atoms with Crippen molar-refractivity contribution in [2.45, 2.75) is 6.92 Å². The number of pyridine rings is 1. The third kappa shape index (κ3) is 1.75. The first kappa shape index (κ1) is 11.4. The fourth-order valence-electron chi connectivity index (χ4n) is 1.85. The Bertz CT molecular complexity index is 870. The maximum atomic E-state index is 11.7. The van der Waals surface area contributed by atoms with E-state index in [1.54, 1.807) is 13.2 Å². The first-order valence-electron chi connectivity index (χ1n) is 5.68. The molecule has 2 N–H and O–H groups in total. The molecule has 0 saturated carbocycles. The Morgan fingerprint density at radius 3 is 2.68 bits per heavy atom. The number of nitrogens with zero attached hydrogens (tertiary/aromatic N) is 3. The van der Waals surface area contributed by atoms with Crippen molar-refractivity contribution in [1.82, 2.24) is 24.5 Å². The quantitative estimate of drug-likeness (QED) is 0.656. The number of nitrogens with one attached hydrogen (secondary N) is 2. The van der Waals surface area contributed by atoms with Crippen LogP contribution in [-0.2, 0) is 7.05 Å². The Hall–Kier alpha value is -2.70. The summed E-state index contributed by atoms with van der Waals surface area (Å²) in [4.78, 5) is 36.8. The van der Waals surface area contributed by atoms with E-state index in [0.717, 1.165) is 11.3 Å². The molecule has 0 fully saturated rings. The number of aromatic amines is 2. The molecule has 0 spiro atoms. The van der Waals surface area contributed by atoms with Gasteiger partial charge >= 0.3 is 5.69 Å². The molecule has 3 rings (SSSR count). The second kappa shape index (κ2) is 3.91. The summed E-state index contributed by atoms with van der Waals surface area (Å²) in [7, 11) is 1.55. The standard InChI is InChI=1S/C12H11N5O2/c1-6-3-4-7(5-13-6)9-14-8-10(15-9)17(2)12(19)16-11(8)18/h3-5H,1-2H3,(H,14,15)(H,16,18,19). The third-order valence-electron chi connectivity index (χ3n) is 2.94. The molecule has 0 aliphatic carbocycles. The van der Waals surface area contributed by atoms with Crippen molar-refractivity contribution in [1.29, 1.82) is 0 Å². The van der Waals surface area contributed by atoms with Gasteiger partial charge in [0.1, 0.15) is 11.3 Å². The predicted molar refractivity (Wildman–Crippen MR) is 69.9 cm³/mol. The SMILES string of the molecule is Cc1ccc(-c2nc3c([nH]2)c(=O)[nH]c(=O)n3C)cn1. The number of imidazole rings is 1. The van der Waals surface area contributed by atoms with Crippen molar-refractivity contribution >= 4 is 11.2 Å². The van der Waals surface area contributed by atoms with Gasteiger partial charge in [-0.1, -0.05) is 0 Å². The fraction of sp³-hybridized carbons (Fsp3) is 0.167. The minimum Gasteiger partial charge on any atom is -0.332 e. The lowest BCUT2D eigenvalue weighted by Gasteiger charge is -1.96. The summed E-state index contributed by atoms with van der Waals surface area (Å²) in [6.07, 6.45) is 1.67. The molecule has 0 radical (unpaired) electrons. The highest BCUT2D eigenvalue weighted by molar-refractivity contribution is 5.75. The van der Waals surface area contributed by atoms with Crippen LogP contribution in [0, 0.1) is 6.92 Å². The van der Waals surface area contributed by atoms with Crippen molar-refractivity contribution in [2.24, 2.45) is 7.05 Å². The average Bonchev–Trinajstić information content (AvgIpc) is 2.83. The summed E-state index contributed by atoms with van der Waals surface area (Å²) >= 11 is 0. The Labute approximate surface area is 107 Å². The zero-order valence-corrected chi connectivity index (χ0v) is 10.4. The normalized spacial score (nSPS) is 11.1. The molecule has 3 heterocycles. The maximum absolute atomic E-state index is 11.7. The lowest BCUT2D eigenvalue weighted by molar-refractivity contribution is 0.832. The van der Waals surface area contributed by atoms with Crippen molar-refractivity contribution in [2.75, 3.05) is 0 Å². The van der Waals surface area contributed by atoms with Crippen molar-refractivity contribution in [3.8, 4) is 11.4 Å². The molecular weight excluding hydrogens is 246 g/mol. The van der Waals surface area contributed by atoms with Gasteiger partial charge in [-0.15, -0.1) is 0 Å². The summed E-state index contributed by atoms with van der Waals surface area (Å²) in [5.41, 5.74) is 1.29. The highest BCUT2D eigenvalue weighted by Crippen LogP contribution is 2.16. The minimum atomic E-state index is -0.488. The molecule has 0 aliphatic rings. The molecule has 0 amide bonds. The van der Waals surface area contributed by atoms with Crippen LogP contribution in [0.3, 0.4) is 0 Å². The number of rotatable bonds is 1. The number of fused-ring (bicyclic) bond motifs is 1. The maximum Gasteiger partial charge on any atom is 0.329 e. The van der Waals surface area contributed by atoms with Crippen molar-refractivity contribution in [3.05, 3.63) is 44.9 Å². The smallest absolute Gasteiger partial charge is 0.329 e. The Morgan fingerprint density at radius 2 is 2.00 bits per heavy atom. The van der Waals surface area contributed by atoms with Gasteiger partial charge in [0, 0.05) is 24.5 Å².